The van der Waals surface area contributed by atoms with E-state index < -0.39 is 0 Å². The van der Waals surface area contributed by atoms with Crippen molar-refractivity contribution < 1.29 is 14.3 Å². The van der Waals surface area contributed by atoms with Gasteiger partial charge in [0.1, 0.15) is 12.4 Å². The number of hydrogen-bond donors (Lipinski definition) is 0. The predicted molar refractivity (Wildman–Crippen MR) is 153 cm³/mol. The smallest absolute Gasteiger partial charge is 0.162 e. The molecule has 0 amide bonds. The van der Waals surface area contributed by atoms with Gasteiger partial charge >= 0.3 is 0 Å². The molecule has 0 radical (unpaired) electrons. The second kappa shape index (κ2) is 9.53. The summed E-state index contributed by atoms with van der Waals surface area (Å²) in [5, 5.41) is 0. The molecule has 0 bridgehead atoms. The van der Waals surface area contributed by atoms with E-state index in [0.29, 0.717) is 19.4 Å². The summed E-state index contributed by atoms with van der Waals surface area (Å²) in [5.74, 6) is 0.693. The molecule has 0 aromatic heterocycles. The molecule has 6 heteroatoms. The molecule has 37 heavy (non-hydrogen) atoms. The van der Waals surface area contributed by atoms with E-state index in [1.807, 2.05) is 49.5 Å². The molecule has 2 aromatic carbocycles. The van der Waals surface area contributed by atoms with Gasteiger partial charge in [0.2, 0.25) is 0 Å². The van der Waals surface area contributed by atoms with Crippen LogP contribution in [0.2, 0.25) is 0 Å². The Labute approximate surface area is 236 Å². The average Bonchev–Trinajstić information content (AvgIpc) is 2.79. The number of rotatable bonds is 4. The molecule has 194 valence electrons. The maximum absolute atomic E-state index is 13.7. The third-order valence-electron chi connectivity index (χ3n) is 7.78. The van der Waals surface area contributed by atoms with Gasteiger partial charge in [-0.15, -0.1) is 0 Å². The van der Waals surface area contributed by atoms with Gasteiger partial charge in [-0.2, -0.15) is 0 Å². The highest BCUT2D eigenvalue weighted by atomic mass is 79.9. The van der Waals surface area contributed by atoms with E-state index in [9.17, 15) is 9.59 Å². The number of carbonyl (C=O) groups excluding carboxylic acids is 2. The molecule has 0 unspecified atom stereocenters. The number of allylic oxidation sites excluding steroid dienone is 4. The van der Waals surface area contributed by atoms with Gasteiger partial charge in [0.15, 0.2) is 11.6 Å². The quantitative estimate of drug-likeness (QED) is 0.344. The van der Waals surface area contributed by atoms with Gasteiger partial charge in [-0.1, -0.05) is 61.8 Å². The summed E-state index contributed by atoms with van der Waals surface area (Å²) in [4.78, 5) is 29.5. The second-order valence-corrected chi connectivity index (χ2v) is 14.0. The van der Waals surface area contributed by atoms with E-state index >= 15 is 0 Å². The van der Waals surface area contributed by atoms with Gasteiger partial charge in [-0.05, 0) is 75.0 Å². The molecule has 0 atom stereocenters. The zero-order valence-electron chi connectivity index (χ0n) is 22.1. The van der Waals surface area contributed by atoms with Crippen LogP contribution < -0.4 is 4.74 Å². The first kappa shape index (κ1) is 26.4. The fraction of sp³-hybridized carbons (Fsp3) is 0.419. The first-order valence-electron chi connectivity index (χ1n) is 12.8. The van der Waals surface area contributed by atoms with Crippen molar-refractivity contribution in [2.45, 2.75) is 65.9 Å². The molecule has 0 saturated carbocycles. The van der Waals surface area contributed by atoms with Crippen LogP contribution in [0.5, 0.6) is 5.75 Å². The normalized spacial score (nSPS) is 21.2. The average molecular weight is 627 g/mol. The number of ketones is 2. The number of nitrogens with zero attached hydrogens (tertiary/aromatic N) is 1. The number of Topliss-reactive ketones (excluding diaryl/α,β-unsaturated/α-hetero) is 2. The van der Waals surface area contributed by atoms with Gasteiger partial charge < -0.3 is 9.64 Å². The standard InChI is InChI=1S/C31H33Br2NO3/c1-30(2)13-22-28(24(35)15-30)27(29-23(34(22)5)14-31(3,4)16-25(29)36)19-8-11-26(21(33)12-19)37-17-18-6-9-20(32)10-7-18/h6-12,27H,13-17H2,1-5H3. The molecular weight excluding hydrogens is 594 g/mol. The number of hydrogen-bond acceptors (Lipinski definition) is 4. The topological polar surface area (TPSA) is 46.6 Å². The van der Waals surface area contributed by atoms with Crippen molar-refractivity contribution in [3.05, 3.63) is 85.1 Å². The number of ether oxygens (including phenoxy) is 1. The van der Waals surface area contributed by atoms with Crippen LogP contribution in [0.25, 0.3) is 0 Å². The molecule has 1 aliphatic heterocycles. The molecule has 1 heterocycles. The van der Waals surface area contributed by atoms with Crippen molar-refractivity contribution in [2.75, 3.05) is 7.05 Å². The molecule has 0 saturated heterocycles. The Morgan fingerprint density at radius 2 is 1.38 bits per heavy atom. The van der Waals surface area contributed by atoms with Crippen molar-refractivity contribution in [3.8, 4) is 5.75 Å². The lowest BCUT2D eigenvalue weighted by Gasteiger charge is -2.47. The Morgan fingerprint density at radius 3 is 1.89 bits per heavy atom. The van der Waals surface area contributed by atoms with Gasteiger partial charge in [0.25, 0.3) is 0 Å². The highest BCUT2D eigenvalue weighted by Crippen LogP contribution is 2.54. The number of carbonyl (C=O) groups is 2. The molecule has 4 nitrogen and oxygen atoms in total. The summed E-state index contributed by atoms with van der Waals surface area (Å²) >= 11 is 7.17. The SMILES string of the molecule is CN1C2=C(C(=O)CC(C)(C)C2)C(c2ccc(OCc3ccc(Br)cc3)c(Br)c2)C2=C1CC(C)(C)CC2=O. The minimum Gasteiger partial charge on any atom is -0.488 e. The van der Waals surface area contributed by atoms with Crippen LogP contribution in [0.15, 0.2) is 74.0 Å². The summed E-state index contributed by atoms with van der Waals surface area (Å²) in [6, 6.07) is 14.1. The van der Waals surface area contributed by atoms with Gasteiger partial charge in [0, 0.05) is 52.8 Å². The monoisotopic (exact) mass is 625 g/mol. The van der Waals surface area contributed by atoms with Crippen molar-refractivity contribution in [3.63, 3.8) is 0 Å². The van der Waals surface area contributed by atoms with E-state index in [2.05, 4.69) is 64.5 Å². The maximum atomic E-state index is 13.7. The molecule has 0 spiro atoms. The lowest BCUT2D eigenvalue weighted by molar-refractivity contribution is -0.119. The Balaban J connectivity index is 1.56. The predicted octanol–water partition coefficient (Wildman–Crippen LogP) is 8.11. The number of halogens is 2. The minimum absolute atomic E-state index is 0.105. The lowest BCUT2D eigenvalue weighted by atomic mass is 9.64. The van der Waals surface area contributed by atoms with Crippen molar-refractivity contribution in [1.82, 2.24) is 4.90 Å². The fourth-order valence-corrected chi connectivity index (χ4v) is 6.83. The minimum atomic E-state index is -0.342. The van der Waals surface area contributed by atoms with Crippen molar-refractivity contribution in [2.24, 2.45) is 10.8 Å². The van der Waals surface area contributed by atoms with Crippen LogP contribution in [0.1, 0.15) is 70.4 Å². The highest BCUT2D eigenvalue weighted by molar-refractivity contribution is 9.10. The molecular formula is C31H33Br2NO3. The Hall–Kier alpha value is -2.18. The van der Waals surface area contributed by atoms with E-state index in [1.165, 1.54) is 0 Å². The summed E-state index contributed by atoms with van der Waals surface area (Å²) in [6.07, 6.45) is 2.63. The Morgan fingerprint density at radius 1 is 0.838 bits per heavy atom. The Kier molecular flexibility index (Phi) is 6.81. The molecule has 2 aromatic rings. The van der Waals surface area contributed by atoms with E-state index in [-0.39, 0.29) is 28.3 Å². The summed E-state index contributed by atoms with van der Waals surface area (Å²) in [6.45, 7) is 9.08. The molecule has 3 aliphatic rings. The Bertz CT molecular complexity index is 1300. The van der Waals surface area contributed by atoms with Crippen LogP contribution in [0, 0.1) is 10.8 Å². The van der Waals surface area contributed by atoms with Crippen molar-refractivity contribution in [1.29, 1.82) is 0 Å². The van der Waals surface area contributed by atoms with Crippen LogP contribution >= 0.6 is 31.9 Å². The summed E-state index contributed by atoms with van der Waals surface area (Å²) in [7, 11) is 2.04. The first-order chi connectivity index (χ1) is 17.3. The summed E-state index contributed by atoms with van der Waals surface area (Å²) in [5.41, 5.74) is 5.55. The van der Waals surface area contributed by atoms with Crippen LogP contribution in [0.4, 0.5) is 0 Å². The number of benzene rings is 2. The highest BCUT2D eigenvalue weighted by Gasteiger charge is 2.48. The molecule has 0 N–H and O–H groups in total. The van der Waals surface area contributed by atoms with E-state index in [0.717, 1.165) is 61.2 Å². The lowest BCUT2D eigenvalue weighted by Crippen LogP contribution is -2.43. The van der Waals surface area contributed by atoms with E-state index in [1.54, 1.807) is 0 Å². The van der Waals surface area contributed by atoms with Crippen molar-refractivity contribution >= 4 is 43.4 Å². The van der Waals surface area contributed by atoms with Crippen LogP contribution in [0.3, 0.4) is 0 Å². The zero-order chi connectivity index (χ0) is 26.7. The van der Waals surface area contributed by atoms with Crippen LogP contribution in [-0.4, -0.2) is 23.5 Å². The summed E-state index contributed by atoms with van der Waals surface area (Å²) < 4.78 is 7.95. The first-order valence-corrected chi connectivity index (χ1v) is 14.4. The van der Waals surface area contributed by atoms with Gasteiger partial charge in [-0.25, -0.2) is 0 Å². The second-order valence-electron chi connectivity index (χ2n) is 12.2. The third-order valence-corrected chi connectivity index (χ3v) is 8.93. The van der Waals surface area contributed by atoms with Gasteiger partial charge in [0.05, 0.1) is 4.47 Å². The fourth-order valence-electron chi connectivity index (χ4n) is 6.05. The molecule has 0 fully saturated rings. The molecule has 2 aliphatic carbocycles. The molecule has 5 rings (SSSR count). The maximum Gasteiger partial charge on any atom is 0.162 e. The van der Waals surface area contributed by atoms with Crippen LogP contribution in [-0.2, 0) is 16.2 Å². The van der Waals surface area contributed by atoms with Gasteiger partial charge in [-0.3, -0.25) is 9.59 Å². The largest absolute Gasteiger partial charge is 0.488 e. The third kappa shape index (κ3) is 5.12. The van der Waals surface area contributed by atoms with E-state index in [4.69, 9.17) is 4.74 Å². The zero-order valence-corrected chi connectivity index (χ0v) is 25.3.